The van der Waals surface area contributed by atoms with Crippen LogP contribution in [0.25, 0.3) is 0 Å². The minimum atomic E-state index is -1.03. The van der Waals surface area contributed by atoms with Crippen molar-refractivity contribution < 1.29 is 33.4 Å². The number of benzene rings is 2. The number of ketones is 1. The zero-order chi connectivity index (χ0) is 30.3. The molecule has 3 N–H and O–H groups in total. The maximum absolute atomic E-state index is 13.8. The van der Waals surface area contributed by atoms with Gasteiger partial charge in [0.25, 0.3) is 0 Å². The lowest BCUT2D eigenvalue weighted by Gasteiger charge is -2.27. The van der Waals surface area contributed by atoms with Gasteiger partial charge in [0.05, 0.1) is 33.5 Å². The van der Waals surface area contributed by atoms with E-state index >= 15 is 0 Å². The first kappa shape index (κ1) is 31.1. The quantitative estimate of drug-likeness (QED) is 0.299. The molecule has 2 fully saturated rings. The van der Waals surface area contributed by atoms with Gasteiger partial charge in [0.1, 0.15) is 29.5 Å². The Balaban J connectivity index is 1.49. The summed E-state index contributed by atoms with van der Waals surface area (Å²) in [4.78, 5) is 54.9. The predicted octanol–water partition coefficient (Wildman–Crippen LogP) is 1.08. The summed E-state index contributed by atoms with van der Waals surface area (Å²) in [7, 11) is 1.56. The number of hydrogen-bond acceptors (Lipinski definition) is 8. The summed E-state index contributed by atoms with van der Waals surface area (Å²) in [5.74, 6) is -0.955. The van der Waals surface area contributed by atoms with Crippen LogP contribution in [0, 0.1) is 6.92 Å². The maximum atomic E-state index is 13.8. The smallest absolute Gasteiger partial charge is 0.243 e. The summed E-state index contributed by atoms with van der Waals surface area (Å²) in [5, 5.41) is 8.37. The summed E-state index contributed by atoms with van der Waals surface area (Å²) in [5.41, 5.74) is 1.43. The monoisotopic (exact) mass is 580 g/mol. The SMILES string of the molecule is COc1ccc(C[C@H](NC(=O)[C@H](C)NC(=O)CN2CCOCC2)C(=O)N[C@@H](C(=O)[C@@]2(C)CO2)c2ccc(C)cc2)cc1. The van der Waals surface area contributed by atoms with Crippen LogP contribution in [0.15, 0.2) is 48.5 Å². The highest BCUT2D eigenvalue weighted by atomic mass is 16.6. The molecule has 42 heavy (non-hydrogen) atoms. The Kier molecular flexibility index (Phi) is 10.3. The number of morpholine rings is 1. The van der Waals surface area contributed by atoms with E-state index < -0.39 is 35.5 Å². The van der Waals surface area contributed by atoms with E-state index in [1.807, 2.05) is 24.0 Å². The number of rotatable bonds is 13. The number of ether oxygens (including phenoxy) is 3. The topological polar surface area (TPSA) is 139 Å². The number of epoxide rings is 1. The number of carbonyl (C=O) groups excluding carboxylic acids is 4. The molecule has 0 bridgehead atoms. The Morgan fingerprint density at radius 3 is 2.19 bits per heavy atom. The number of methoxy groups -OCH3 is 1. The number of carbonyl (C=O) groups is 4. The first-order valence-electron chi connectivity index (χ1n) is 14.2. The summed E-state index contributed by atoms with van der Waals surface area (Å²) in [6, 6.07) is 11.6. The highest BCUT2D eigenvalue weighted by molar-refractivity contribution is 5.99. The molecular formula is C31H40N4O7. The Bertz CT molecular complexity index is 1260. The average molecular weight is 581 g/mol. The third-order valence-corrected chi connectivity index (χ3v) is 7.53. The first-order valence-corrected chi connectivity index (χ1v) is 14.2. The molecule has 0 spiro atoms. The maximum Gasteiger partial charge on any atom is 0.243 e. The summed E-state index contributed by atoms with van der Waals surface area (Å²) < 4.78 is 15.9. The number of Topliss-reactive ketones (excluding diaryl/α,β-unsaturated/α-hetero) is 1. The van der Waals surface area contributed by atoms with E-state index in [0.717, 1.165) is 11.1 Å². The zero-order valence-electron chi connectivity index (χ0n) is 24.6. The van der Waals surface area contributed by atoms with Crippen molar-refractivity contribution in [3.8, 4) is 5.75 Å². The number of amides is 3. The standard InChI is InChI=1S/C31H40N4O7/c1-20-5-9-23(10-6-20)27(28(37)31(3)19-42-31)34-30(39)25(17-22-7-11-24(40-4)12-8-22)33-29(38)21(2)32-26(36)18-35-13-15-41-16-14-35/h5-12,21,25,27H,13-19H2,1-4H3,(H,32,36)(H,33,38)(H,34,39)/t21-,25-,27+,31+/m0/s1. The number of nitrogens with one attached hydrogen (secondary N) is 3. The highest BCUT2D eigenvalue weighted by Crippen LogP contribution is 2.33. The van der Waals surface area contributed by atoms with E-state index in [4.69, 9.17) is 14.2 Å². The van der Waals surface area contributed by atoms with Crippen molar-refractivity contribution >= 4 is 23.5 Å². The van der Waals surface area contributed by atoms with Gasteiger partial charge in [-0.3, -0.25) is 24.1 Å². The number of nitrogens with zero attached hydrogens (tertiary/aromatic N) is 1. The summed E-state index contributed by atoms with van der Waals surface area (Å²) >= 11 is 0. The second-order valence-corrected chi connectivity index (χ2v) is 11.0. The van der Waals surface area contributed by atoms with E-state index in [2.05, 4.69) is 16.0 Å². The molecule has 4 rings (SSSR count). The van der Waals surface area contributed by atoms with Crippen molar-refractivity contribution in [1.82, 2.24) is 20.9 Å². The lowest BCUT2D eigenvalue weighted by Crippen LogP contribution is -2.55. The largest absolute Gasteiger partial charge is 0.497 e. The fourth-order valence-electron chi connectivity index (χ4n) is 4.68. The van der Waals surface area contributed by atoms with Crippen molar-refractivity contribution in [2.75, 3.05) is 46.6 Å². The molecule has 2 aliphatic heterocycles. The first-order chi connectivity index (χ1) is 20.1. The number of hydrogen-bond donors (Lipinski definition) is 3. The molecule has 226 valence electrons. The molecular weight excluding hydrogens is 540 g/mol. The van der Waals surface area contributed by atoms with Gasteiger partial charge < -0.3 is 30.2 Å². The van der Waals surface area contributed by atoms with Gasteiger partial charge in [-0.05, 0) is 44.0 Å². The minimum Gasteiger partial charge on any atom is -0.497 e. The van der Waals surface area contributed by atoms with E-state index in [-0.39, 0.29) is 31.3 Å². The Hall–Kier alpha value is -3.80. The third kappa shape index (κ3) is 8.37. The molecule has 0 aromatic heterocycles. The van der Waals surface area contributed by atoms with Gasteiger partial charge in [0.2, 0.25) is 17.7 Å². The van der Waals surface area contributed by atoms with Crippen molar-refractivity contribution in [3.63, 3.8) is 0 Å². The lowest BCUT2D eigenvalue weighted by atomic mass is 9.93. The second-order valence-electron chi connectivity index (χ2n) is 11.0. The summed E-state index contributed by atoms with van der Waals surface area (Å²) in [6.45, 7) is 8.03. The fourth-order valence-corrected chi connectivity index (χ4v) is 4.68. The normalized spacial score (nSPS) is 20.5. The Morgan fingerprint density at radius 2 is 1.60 bits per heavy atom. The van der Waals surface area contributed by atoms with Gasteiger partial charge in [-0.2, -0.15) is 0 Å². The van der Waals surface area contributed by atoms with E-state index in [9.17, 15) is 19.2 Å². The molecule has 4 atom stereocenters. The van der Waals surface area contributed by atoms with Crippen LogP contribution in [0.2, 0.25) is 0 Å². The second kappa shape index (κ2) is 13.9. The molecule has 11 nitrogen and oxygen atoms in total. The molecule has 3 amide bonds. The van der Waals surface area contributed by atoms with Gasteiger partial charge in [-0.1, -0.05) is 42.0 Å². The van der Waals surface area contributed by atoms with Crippen LogP contribution in [0.5, 0.6) is 5.75 Å². The average Bonchev–Trinajstić information content (AvgIpc) is 3.74. The third-order valence-electron chi connectivity index (χ3n) is 7.53. The van der Waals surface area contributed by atoms with Gasteiger partial charge in [-0.25, -0.2) is 0 Å². The van der Waals surface area contributed by atoms with Crippen LogP contribution in [-0.2, 0) is 35.1 Å². The van der Waals surface area contributed by atoms with E-state index in [0.29, 0.717) is 37.6 Å². The molecule has 0 aliphatic carbocycles. The van der Waals surface area contributed by atoms with Crippen LogP contribution in [0.3, 0.4) is 0 Å². The predicted molar refractivity (Wildman–Crippen MR) is 155 cm³/mol. The fraction of sp³-hybridized carbons (Fsp3) is 0.484. The van der Waals surface area contributed by atoms with Gasteiger partial charge in [-0.15, -0.1) is 0 Å². The van der Waals surface area contributed by atoms with Crippen molar-refractivity contribution in [3.05, 3.63) is 65.2 Å². The van der Waals surface area contributed by atoms with Gasteiger partial charge >= 0.3 is 0 Å². The van der Waals surface area contributed by atoms with Crippen molar-refractivity contribution in [2.24, 2.45) is 0 Å². The molecule has 0 saturated carbocycles. The summed E-state index contributed by atoms with van der Waals surface area (Å²) in [6.07, 6.45) is 0.151. The van der Waals surface area contributed by atoms with Crippen molar-refractivity contribution in [2.45, 2.75) is 50.9 Å². The highest BCUT2D eigenvalue weighted by Gasteiger charge is 2.50. The number of aryl methyl sites for hydroxylation is 1. The van der Waals surface area contributed by atoms with Crippen LogP contribution in [0.4, 0.5) is 0 Å². The molecule has 2 heterocycles. The van der Waals surface area contributed by atoms with Crippen LogP contribution in [-0.4, -0.2) is 92.7 Å². The zero-order valence-corrected chi connectivity index (χ0v) is 24.6. The van der Waals surface area contributed by atoms with E-state index in [1.54, 1.807) is 57.4 Å². The Labute approximate surface area is 246 Å². The van der Waals surface area contributed by atoms with Crippen molar-refractivity contribution in [1.29, 1.82) is 0 Å². The van der Waals surface area contributed by atoms with Crippen LogP contribution in [0.1, 0.15) is 36.6 Å². The van der Waals surface area contributed by atoms with Gasteiger partial charge in [0, 0.05) is 19.5 Å². The lowest BCUT2D eigenvalue weighted by molar-refractivity contribution is -0.134. The van der Waals surface area contributed by atoms with Gasteiger partial charge in [0.15, 0.2) is 5.78 Å². The molecule has 2 aromatic rings. The molecule has 0 unspecified atom stereocenters. The molecule has 2 aromatic carbocycles. The van der Waals surface area contributed by atoms with Crippen LogP contribution < -0.4 is 20.7 Å². The molecule has 2 saturated heterocycles. The minimum absolute atomic E-state index is 0.151. The Morgan fingerprint density at radius 1 is 0.952 bits per heavy atom. The molecule has 0 radical (unpaired) electrons. The van der Waals surface area contributed by atoms with Crippen LogP contribution >= 0.6 is 0 Å². The molecule has 11 heteroatoms. The molecule has 2 aliphatic rings. The van der Waals surface area contributed by atoms with E-state index in [1.165, 1.54) is 0 Å².